The Bertz CT molecular complexity index is 340. The Balaban J connectivity index is 1.93. The number of hydrogen-bond donors (Lipinski definition) is 1. The average Bonchev–Trinajstić information content (AvgIpc) is 2.64. The Labute approximate surface area is 110 Å². The van der Waals surface area contributed by atoms with Gasteiger partial charge in [0, 0.05) is 23.5 Å². The molecule has 2 rings (SSSR count). The first-order valence-corrected chi connectivity index (χ1v) is 7.48. The molecule has 0 bridgehead atoms. The van der Waals surface area contributed by atoms with E-state index >= 15 is 0 Å². The molecule has 1 fully saturated rings. The molecule has 0 amide bonds. The van der Waals surface area contributed by atoms with Gasteiger partial charge in [-0.15, -0.1) is 11.3 Å². The van der Waals surface area contributed by atoms with Gasteiger partial charge in [-0.25, -0.2) is 0 Å². The van der Waals surface area contributed by atoms with Crippen LogP contribution >= 0.6 is 27.3 Å². The van der Waals surface area contributed by atoms with Crippen molar-refractivity contribution in [2.24, 2.45) is 5.73 Å². The Morgan fingerprint density at radius 1 is 1.44 bits per heavy atom. The summed E-state index contributed by atoms with van der Waals surface area (Å²) >= 11 is 5.32. The van der Waals surface area contributed by atoms with Crippen molar-refractivity contribution in [2.45, 2.75) is 44.3 Å². The standard InChI is InChI=1S/C12H19BrN2S/c1-15(8-9-6-7-12(13)16-9)11-5-3-2-4-10(11)14/h6-7,10-11H,2-5,8,14H2,1H3. The molecule has 2 N–H and O–H groups in total. The lowest BCUT2D eigenvalue weighted by atomic mass is 9.90. The largest absolute Gasteiger partial charge is 0.326 e. The van der Waals surface area contributed by atoms with Crippen LogP contribution in [0.5, 0.6) is 0 Å². The van der Waals surface area contributed by atoms with Gasteiger partial charge in [0.15, 0.2) is 0 Å². The van der Waals surface area contributed by atoms with E-state index in [-0.39, 0.29) is 0 Å². The maximum Gasteiger partial charge on any atom is 0.0701 e. The molecule has 16 heavy (non-hydrogen) atoms. The van der Waals surface area contributed by atoms with Crippen molar-refractivity contribution in [1.82, 2.24) is 4.90 Å². The SMILES string of the molecule is CN(Cc1ccc(Br)s1)C1CCCCC1N. The van der Waals surface area contributed by atoms with Crippen molar-refractivity contribution < 1.29 is 0 Å². The predicted molar refractivity (Wildman–Crippen MR) is 73.7 cm³/mol. The highest BCUT2D eigenvalue weighted by atomic mass is 79.9. The predicted octanol–water partition coefficient (Wildman–Crippen LogP) is 3.21. The van der Waals surface area contributed by atoms with Crippen molar-refractivity contribution in [3.05, 3.63) is 20.8 Å². The van der Waals surface area contributed by atoms with Gasteiger partial charge >= 0.3 is 0 Å². The maximum atomic E-state index is 6.19. The molecule has 0 saturated heterocycles. The van der Waals surface area contributed by atoms with E-state index in [1.165, 1.54) is 34.3 Å². The Hall–Kier alpha value is 0.1000. The summed E-state index contributed by atoms with van der Waals surface area (Å²) in [6, 6.07) is 5.24. The van der Waals surface area contributed by atoms with Gasteiger partial charge in [-0.2, -0.15) is 0 Å². The molecule has 1 saturated carbocycles. The second-order valence-electron chi connectivity index (χ2n) is 4.64. The van der Waals surface area contributed by atoms with E-state index in [1.54, 1.807) is 0 Å². The normalized spacial score (nSPS) is 26.2. The summed E-state index contributed by atoms with van der Waals surface area (Å²) in [6.45, 7) is 1.02. The van der Waals surface area contributed by atoms with Gasteiger partial charge in [0.1, 0.15) is 0 Å². The Kier molecular flexibility index (Phi) is 4.41. The second-order valence-corrected chi connectivity index (χ2v) is 7.18. The van der Waals surface area contributed by atoms with Crippen LogP contribution in [0.4, 0.5) is 0 Å². The lowest BCUT2D eigenvalue weighted by Gasteiger charge is -2.35. The topological polar surface area (TPSA) is 29.3 Å². The molecule has 2 atom stereocenters. The highest BCUT2D eigenvalue weighted by molar-refractivity contribution is 9.11. The van der Waals surface area contributed by atoms with Gasteiger partial charge in [-0.3, -0.25) is 4.90 Å². The molecular formula is C12H19BrN2S. The highest BCUT2D eigenvalue weighted by Crippen LogP contribution is 2.26. The molecule has 90 valence electrons. The van der Waals surface area contributed by atoms with Gasteiger partial charge in [-0.1, -0.05) is 12.8 Å². The van der Waals surface area contributed by atoms with E-state index in [1.807, 2.05) is 11.3 Å². The zero-order valence-corrected chi connectivity index (χ0v) is 12.1. The first-order chi connectivity index (χ1) is 7.66. The van der Waals surface area contributed by atoms with Crippen molar-refractivity contribution in [1.29, 1.82) is 0 Å². The first kappa shape index (κ1) is 12.6. The third-order valence-electron chi connectivity index (χ3n) is 3.38. The number of likely N-dealkylation sites (N-methyl/N-ethyl adjacent to an activating group) is 1. The van der Waals surface area contributed by atoms with Crippen LogP contribution < -0.4 is 5.73 Å². The van der Waals surface area contributed by atoms with E-state index in [2.05, 4.69) is 40.0 Å². The van der Waals surface area contributed by atoms with Crippen LogP contribution in [0.15, 0.2) is 15.9 Å². The molecular weight excluding hydrogens is 284 g/mol. The van der Waals surface area contributed by atoms with E-state index in [0.29, 0.717) is 12.1 Å². The van der Waals surface area contributed by atoms with Crippen LogP contribution in [0.2, 0.25) is 0 Å². The fourth-order valence-corrected chi connectivity index (χ4v) is 4.03. The minimum absolute atomic E-state index is 0.363. The molecule has 2 nitrogen and oxygen atoms in total. The summed E-state index contributed by atoms with van der Waals surface area (Å²) in [7, 11) is 2.20. The van der Waals surface area contributed by atoms with E-state index in [4.69, 9.17) is 5.73 Å². The molecule has 1 aliphatic rings. The van der Waals surface area contributed by atoms with E-state index in [9.17, 15) is 0 Å². The van der Waals surface area contributed by atoms with Crippen LogP contribution in [0.1, 0.15) is 30.6 Å². The summed E-state index contributed by atoms with van der Waals surface area (Å²) in [5, 5.41) is 0. The minimum Gasteiger partial charge on any atom is -0.326 e. The zero-order valence-electron chi connectivity index (χ0n) is 9.66. The van der Waals surface area contributed by atoms with E-state index in [0.717, 1.165) is 6.54 Å². The number of hydrogen-bond acceptors (Lipinski definition) is 3. The molecule has 0 aromatic carbocycles. The Morgan fingerprint density at radius 3 is 2.81 bits per heavy atom. The fraction of sp³-hybridized carbons (Fsp3) is 0.667. The average molecular weight is 303 g/mol. The zero-order chi connectivity index (χ0) is 11.5. The quantitative estimate of drug-likeness (QED) is 0.929. The molecule has 0 aliphatic heterocycles. The van der Waals surface area contributed by atoms with E-state index < -0.39 is 0 Å². The smallest absolute Gasteiger partial charge is 0.0701 e. The van der Waals surface area contributed by atoms with Gasteiger partial charge in [0.05, 0.1) is 3.79 Å². The first-order valence-electron chi connectivity index (χ1n) is 5.87. The summed E-state index contributed by atoms with van der Waals surface area (Å²) in [4.78, 5) is 3.83. The molecule has 0 radical (unpaired) electrons. The third-order valence-corrected chi connectivity index (χ3v) is 4.99. The minimum atomic E-state index is 0.363. The second kappa shape index (κ2) is 5.63. The number of rotatable bonds is 3. The fourth-order valence-electron chi connectivity index (χ4n) is 2.49. The summed E-state index contributed by atoms with van der Waals surface area (Å²) in [5.41, 5.74) is 6.19. The molecule has 1 aromatic rings. The van der Waals surface area contributed by atoms with Gasteiger partial charge in [0.25, 0.3) is 0 Å². The van der Waals surface area contributed by atoms with Crippen molar-refractivity contribution >= 4 is 27.3 Å². The van der Waals surface area contributed by atoms with Crippen molar-refractivity contribution in [3.63, 3.8) is 0 Å². The summed E-state index contributed by atoms with van der Waals surface area (Å²) in [6.07, 6.45) is 5.07. The summed E-state index contributed by atoms with van der Waals surface area (Å²) < 4.78 is 1.21. The molecule has 1 heterocycles. The third kappa shape index (κ3) is 3.06. The summed E-state index contributed by atoms with van der Waals surface area (Å²) in [5.74, 6) is 0. The van der Waals surface area contributed by atoms with Crippen LogP contribution in [-0.4, -0.2) is 24.0 Å². The van der Waals surface area contributed by atoms with Crippen molar-refractivity contribution in [3.8, 4) is 0 Å². The lowest BCUT2D eigenvalue weighted by molar-refractivity contribution is 0.163. The van der Waals surface area contributed by atoms with Gasteiger partial charge in [-0.05, 0) is 48.0 Å². The van der Waals surface area contributed by atoms with Crippen LogP contribution in [0, 0.1) is 0 Å². The number of halogens is 1. The number of thiophene rings is 1. The number of nitrogens with zero attached hydrogens (tertiary/aromatic N) is 1. The van der Waals surface area contributed by atoms with Crippen LogP contribution in [0.25, 0.3) is 0 Å². The maximum absolute atomic E-state index is 6.19. The highest BCUT2D eigenvalue weighted by Gasteiger charge is 2.25. The Morgan fingerprint density at radius 2 is 2.19 bits per heavy atom. The molecule has 2 unspecified atom stereocenters. The monoisotopic (exact) mass is 302 g/mol. The van der Waals surface area contributed by atoms with Crippen LogP contribution in [-0.2, 0) is 6.54 Å². The van der Waals surface area contributed by atoms with Gasteiger partial charge in [0.2, 0.25) is 0 Å². The lowest BCUT2D eigenvalue weighted by Crippen LogP contribution is -2.47. The number of nitrogens with two attached hydrogens (primary N) is 1. The molecule has 1 aromatic heterocycles. The van der Waals surface area contributed by atoms with Crippen LogP contribution in [0.3, 0.4) is 0 Å². The molecule has 1 aliphatic carbocycles. The molecule has 4 heteroatoms. The van der Waals surface area contributed by atoms with Crippen molar-refractivity contribution in [2.75, 3.05) is 7.05 Å². The molecule has 0 spiro atoms. The van der Waals surface area contributed by atoms with Gasteiger partial charge < -0.3 is 5.73 Å².